The zero-order valence-electron chi connectivity index (χ0n) is 7.60. The Bertz CT molecular complexity index is 378. The number of alkyl halides is 1. The van der Waals surface area contributed by atoms with Crippen LogP contribution in [0.2, 0.25) is 0 Å². The van der Waals surface area contributed by atoms with Crippen LogP contribution in [-0.4, -0.2) is 35.7 Å². The molecule has 6 nitrogen and oxygen atoms in total. The van der Waals surface area contributed by atoms with Crippen molar-refractivity contribution in [3.63, 3.8) is 0 Å². The number of fused-ring (bicyclic) bond motifs is 1. The average Bonchev–Trinajstić information content (AvgIpc) is 2.61. The third kappa shape index (κ3) is 2.01. The van der Waals surface area contributed by atoms with E-state index in [0.29, 0.717) is 24.9 Å². The fraction of sp³-hybridized carbons (Fsp3) is 0.429. The number of carbonyl (C=O) groups excluding carboxylic acids is 1. The predicted molar refractivity (Wildman–Crippen MR) is 55.7 cm³/mol. The Hall–Kier alpha value is -0.980. The van der Waals surface area contributed by atoms with Crippen molar-refractivity contribution in [1.29, 1.82) is 0 Å². The summed E-state index contributed by atoms with van der Waals surface area (Å²) in [4.78, 5) is 16.5. The topological polar surface area (TPSA) is 63.3 Å². The second kappa shape index (κ2) is 4.26. The van der Waals surface area contributed by atoms with Gasteiger partial charge < -0.3 is 0 Å². The largest absolute Gasteiger partial charge is 0.336 e. The third-order valence-electron chi connectivity index (χ3n) is 1.92. The molecule has 0 aromatic carbocycles. The van der Waals surface area contributed by atoms with Crippen molar-refractivity contribution in [2.45, 2.75) is 0 Å². The minimum Gasteiger partial charge on any atom is -0.273 e. The molecule has 0 spiro atoms. The zero-order chi connectivity index (χ0) is 10.8. The van der Waals surface area contributed by atoms with Crippen LogP contribution in [-0.2, 0) is 4.79 Å². The fourth-order valence-corrected chi connectivity index (χ4v) is 1.57. The van der Waals surface area contributed by atoms with Crippen molar-refractivity contribution in [2.75, 3.05) is 19.1 Å². The molecule has 0 unspecified atom stereocenters. The summed E-state index contributed by atoms with van der Waals surface area (Å²) < 4.78 is 0. The monoisotopic (exact) mass is 247 g/mol. The highest BCUT2D eigenvalue weighted by molar-refractivity contribution is 6.67. The van der Waals surface area contributed by atoms with Gasteiger partial charge in [-0.25, -0.2) is 5.01 Å². The third-order valence-corrected chi connectivity index (χ3v) is 2.27. The Balaban J connectivity index is 2.21. The first-order valence-electron chi connectivity index (χ1n) is 4.20. The van der Waals surface area contributed by atoms with Gasteiger partial charge in [-0.15, -0.1) is 11.6 Å². The van der Waals surface area contributed by atoms with Gasteiger partial charge >= 0.3 is 5.82 Å². The summed E-state index contributed by atoms with van der Waals surface area (Å²) in [6, 6.07) is 0. The summed E-state index contributed by atoms with van der Waals surface area (Å²) in [5.41, 5.74) is 0.131. The van der Waals surface area contributed by atoms with Crippen molar-refractivity contribution in [2.24, 2.45) is 15.3 Å². The Labute approximate surface area is 95.8 Å². The lowest BCUT2D eigenvalue weighted by Gasteiger charge is -2.17. The number of halogens is 2. The molecule has 15 heavy (non-hydrogen) atoms. The highest BCUT2D eigenvalue weighted by atomic mass is 35.5. The zero-order valence-corrected chi connectivity index (χ0v) is 9.11. The Morgan fingerprint density at radius 2 is 2.47 bits per heavy atom. The summed E-state index contributed by atoms with van der Waals surface area (Å²) in [5, 5.41) is 8.78. The molecule has 0 fully saturated rings. The van der Waals surface area contributed by atoms with E-state index >= 15 is 0 Å². The van der Waals surface area contributed by atoms with Crippen LogP contribution in [0.15, 0.2) is 26.8 Å². The molecule has 0 bridgehead atoms. The lowest BCUT2D eigenvalue weighted by atomic mass is 10.4. The first-order chi connectivity index (χ1) is 7.22. The van der Waals surface area contributed by atoms with Gasteiger partial charge in [0, 0.05) is 5.88 Å². The van der Waals surface area contributed by atoms with Gasteiger partial charge in [-0.2, -0.15) is 4.99 Å². The number of hydrogen-bond acceptors (Lipinski definition) is 6. The Morgan fingerprint density at radius 3 is 3.13 bits per heavy atom. The number of nitrogens with zero attached hydrogens (tertiary/aromatic N) is 5. The van der Waals surface area contributed by atoms with E-state index in [1.165, 1.54) is 6.34 Å². The van der Waals surface area contributed by atoms with Crippen molar-refractivity contribution in [1.82, 2.24) is 9.91 Å². The SMILES string of the molecule is O=C(Cl)C1=C2N=NN(CCCl)C[N+]2C=N1. The standard InChI is InChI=1S/C7H7Cl2N5O/c8-1-2-14-4-13-3-10-5(6(9)15)7(13)11-12-14/h3H,1-2,4H2/q+1. The van der Waals surface area contributed by atoms with Crippen LogP contribution in [0.5, 0.6) is 0 Å². The molecular formula is C7H7Cl2N5O+. The first-order valence-corrected chi connectivity index (χ1v) is 5.11. The summed E-state index contributed by atoms with van der Waals surface area (Å²) in [6.45, 7) is 1.07. The molecule has 0 aromatic rings. The highest BCUT2D eigenvalue weighted by Crippen LogP contribution is 2.22. The molecule has 0 atom stereocenters. The molecule has 8 heteroatoms. The summed E-state index contributed by atoms with van der Waals surface area (Å²) >= 11 is 10.9. The average molecular weight is 248 g/mol. The van der Waals surface area contributed by atoms with Gasteiger partial charge in [0.15, 0.2) is 0 Å². The number of carbonyl (C=O) groups is 1. The van der Waals surface area contributed by atoms with E-state index in [0.717, 1.165) is 0 Å². The Kier molecular flexibility index (Phi) is 2.99. The molecule has 2 heterocycles. The molecule has 0 N–H and O–H groups in total. The van der Waals surface area contributed by atoms with E-state index in [2.05, 4.69) is 15.3 Å². The van der Waals surface area contributed by atoms with E-state index in [-0.39, 0.29) is 5.70 Å². The van der Waals surface area contributed by atoms with Gasteiger partial charge in [-0.1, -0.05) is 10.3 Å². The highest BCUT2D eigenvalue weighted by Gasteiger charge is 2.38. The second-order valence-electron chi connectivity index (χ2n) is 2.91. The van der Waals surface area contributed by atoms with Crippen molar-refractivity contribution in [3.8, 4) is 0 Å². The summed E-state index contributed by atoms with van der Waals surface area (Å²) in [7, 11) is 0. The second-order valence-corrected chi connectivity index (χ2v) is 3.63. The molecule has 1 radical (unpaired) electrons. The van der Waals surface area contributed by atoms with E-state index in [9.17, 15) is 4.79 Å². The number of hydrogen-bond donors (Lipinski definition) is 0. The molecule has 79 valence electrons. The normalized spacial score (nSPS) is 20.0. The molecule has 2 aliphatic rings. The number of aliphatic imine (C=N–C) groups is 1. The fourth-order valence-electron chi connectivity index (χ4n) is 1.25. The van der Waals surface area contributed by atoms with Crippen molar-refractivity contribution in [3.05, 3.63) is 11.5 Å². The summed E-state index contributed by atoms with van der Waals surface area (Å²) in [5.74, 6) is 0.852. The van der Waals surface area contributed by atoms with Gasteiger partial charge in [0.1, 0.15) is 0 Å². The van der Waals surface area contributed by atoms with E-state index in [4.69, 9.17) is 23.2 Å². The molecule has 0 aromatic heterocycles. The van der Waals surface area contributed by atoms with Gasteiger partial charge in [-0.3, -0.25) is 4.79 Å². The van der Waals surface area contributed by atoms with Crippen LogP contribution in [0.4, 0.5) is 0 Å². The lowest BCUT2D eigenvalue weighted by Crippen LogP contribution is -2.40. The molecule has 0 saturated carbocycles. The van der Waals surface area contributed by atoms with Crippen molar-refractivity contribution < 1.29 is 4.79 Å². The molecule has 0 amide bonds. The van der Waals surface area contributed by atoms with Crippen molar-refractivity contribution >= 4 is 34.8 Å². The van der Waals surface area contributed by atoms with E-state index in [1.54, 1.807) is 9.91 Å². The molecule has 2 aliphatic heterocycles. The Morgan fingerprint density at radius 1 is 1.67 bits per heavy atom. The van der Waals surface area contributed by atoms with Gasteiger partial charge in [0.25, 0.3) is 5.24 Å². The van der Waals surface area contributed by atoms with Crippen LogP contribution < -0.4 is 4.90 Å². The first kappa shape index (κ1) is 10.5. The summed E-state index contributed by atoms with van der Waals surface area (Å²) in [6.07, 6.45) is 1.50. The van der Waals surface area contributed by atoms with Crippen LogP contribution in [0, 0.1) is 0 Å². The number of allylic oxidation sites excluding steroid dienone is 1. The van der Waals surface area contributed by atoms with Gasteiger partial charge in [0.05, 0.1) is 6.54 Å². The smallest absolute Gasteiger partial charge is 0.273 e. The quantitative estimate of drug-likeness (QED) is 0.424. The maximum atomic E-state index is 10.9. The van der Waals surface area contributed by atoms with Crippen LogP contribution >= 0.6 is 23.2 Å². The number of rotatable bonds is 3. The van der Waals surface area contributed by atoms with E-state index < -0.39 is 5.24 Å². The van der Waals surface area contributed by atoms with Gasteiger partial charge in [0.2, 0.25) is 18.7 Å². The van der Waals surface area contributed by atoms with E-state index in [1.807, 2.05) is 0 Å². The van der Waals surface area contributed by atoms with Crippen LogP contribution in [0.25, 0.3) is 0 Å². The lowest BCUT2D eigenvalue weighted by molar-refractivity contribution is -0.108. The van der Waals surface area contributed by atoms with Crippen LogP contribution in [0.3, 0.4) is 0 Å². The molecule has 0 saturated heterocycles. The molecule has 0 aliphatic carbocycles. The molecule has 2 rings (SSSR count). The molecular weight excluding hydrogens is 241 g/mol. The minimum atomic E-state index is -0.631. The van der Waals surface area contributed by atoms with Gasteiger partial charge in [-0.05, 0) is 16.5 Å². The minimum absolute atomic E-state index is 0.131. The predicted octanol–water partition coefficient (Wildman–Crippen LogP) is 0.982. The maximum absolute atomic E-state index is 10.9. The van der Waals surface area contributed by atoms with Crippen LogP contribution in [0.1, 0.15) is 0 Å². The maximum Gasteiger partial charge on any atom is 0.336 e.